The van der Waals surface area contributed by atoms with Gasteiger partial charge in [0.05, 0.1) is 16.9 Å². The maximum absolute atomic E-state index is 12.1. The Labute approximate surface area is 108 Å². The molecule has 98 valence electrons. The Morgan fingerprint density at radius 2 is 2.11 bits per heavy atom. The van der Waals surface area contributed by atoms with Gasteiger partial charge >= 0.3 is 5.97 Å². The van der Waals surface area contributed by atoms with E-state index in [9.17, 15) is 9.59 Å². The summed E-state index contributed by atoms with van der Waals surface area (Å²) in [4.78, 5) is 24.2. The lowest BCUT2D eigenvalue weighted by molar-refractivity contribution is 0.0697. The summed E-state index contributed by atoms with van der Waals surface area (Å²) in [6, 6.07) is 5.74. The zero-order valence-corrected chi connectivity index (χ0v) is 10.1. The molecule has 0 fully saturated rings. The van der Waals surface area contributed by atoms with Crippen LogP contribution in [0.4, 0.5) is 11.4 Å². The molecule has 1 aromatic heterocycles. The fraction of sp³-hybridized carbons (Fsp3) is 0.0833. The molecule has 2 aromatic rings. The van der Waals surface area contributed by atoms with Crippen molar-refractivity contribution in [2.75, 3.05) is 17.7 Å². The smallest absolute Gasteiger partial charge is 0.335 e. The van der Waals surface area contributed by atoms with Crippen LogP contribution in [0.3, 0.4) is 0 Å². The highest BCUT2D eigenvalue weighted by atomic mass is 16.4. The highest BCUT2D eigenvalue weighted by molar-refractivity contribution is 6.06. The van der Waals surface area contributed by atoms with E-state index in [1.54, 1.807) is 13.1 Å². The summed E-state index contributed by atoms with van der Waals surface area (Å²) in [6.07, 6.45) is 1.47. The van der Waals surface area contributed by atoms with E-state index < -0.39 is 5.97 Å². The number of carbonyl (C=O) groups excluding carboxylic acids is 1. The lowest BCUT2D eigenvalue weighted by atomic mass is 10.1. The first-order chi connectivity index (χ1) is 9.00. The highest BCUT2D eigenvalue weighted by Gasteiger charge is 2.17. The second-order valence-corrected chi connectivity index (χ2v) is 3.91. The number of benzene rings is 1. The van der Waals surface area contributed by atoms with Crippen LogP contribution in [0, 0.1) is 0 Å². The lowest BCUT2D eigenvalue weighted by Gasteiger charge is -2.18. The van der Waals surface area contributed by atoms with Crippen molar-refractivity contribution in [3.05, 3.63) is 41.7 Å². The maximum atomic E-state index is 12.1. The summed E-state index contributed by atoms with van der Waals surface area (Å²) in [6.45, 7) is 0. The molecule has 0 spiro atoms. The number of nitrogen functional groups attached to an aromatic ring is 1. The number of hydrogen-bond acceptors (Lipinski definition) is 4. The van der Waals surface area contributed by atoms with Gasteiger partial charge in [-0.1, -0.05) is 0 Å². The van der Waals surface area contributed by atoms with Crippen molar-refractivity contribution in [1.82, 2.24) is 10.2 Å². The van der Waals surface area contributed by atoms with Crippen molar-refractivity contribution in [3.8, 4) is 0 Å². The van der Waals surface area contributed by atoms with E-state index >= 15 is 0 Å². The number of nitrogens with zero attached hydrogens (tertiary/aromatic N) is 2. The molecule has 0 saturated carbocycles. The summed E-state index contributed by atoms with van der Waals surface area (Å²) in [5.41, 5.74) is 6.82. The van der Waals surface area contributed by atoms with Crippen LogP contribution in [-0.4, -0.2) is 34.2 Å². The average Bonchev–Trinajstić information content (AvgIpc) is 2.90. The Balaban J connectivity index is 2.32. The highest BCUT2D eigenvalue weighted by Crippen LogP contribution is 2.24. The largest absolute Gasteiger partial charge is 0.478 e. The van der Waals surface area contributed by atoms with Gasteiger partial charge in [0.15, 0.2) is 0 Å². The van der Waals surface area contributed by atoms with Gasteiger partial charge in [-0.2, -0.15) is 5.10 Å². The number of carbonyl (C=O) groups is 2. The fourth-order valence-electron chi connectivity index (χ4n) is 1.66. The number of nitrogens with one attached hydrogen (secondary N) is 1. The third-order valence-corrected chi connectivity index (χ3v) is 2.67. The van der Waals surface area contributed by atoms with Gasteiger partial charge in [-0.3, -0.25) is 9.89 Å². The van der Waals surface area contributed by atoms with E-state index in [0.29, 0.717) is 11.4 Å². The summed E-state index contributed by atoms with van der Waals surface area (Å²) < 4.78 is 0. The molecule has 0 unspecified atom stereocenters. The predicted molar refractivity (Wildman–Crippen MR) is 69.1 cm³/mol. The number of aromatic carboxylic acids is 1. The Bertz CT molecular complexity index is 622. The molecule has 2 rings (SSSR count). The zero-order valence-electron chi connectivity index (χ0n) is 10.1. The summed E-state index contributed by atoms with van der Waals surface area (Å²) in [5.74, 6) is -1.38. The van der Waals surface area contributed by atoms with Gasteiger partial charge < -0.3 is 15.7 Å². The number of carboxylic acids is 1. The molecule has 7 nitrogen and oxygen atoms in total. The van der Waals surface area contributed by atoms with E-state index in [1.165, 1.54) is 29.3 Å². The SMILES string of the molecule is CN(C(=O)c1ccn[nH]1)c1ccc(C(=O)O)cc1N. The van der Waals surface area contributed by atoms with Crippen LogP contribution in [-0.2, 0) is 0 Å². The van der Waals surface area contributed by atoms with Gasteiger partial charge in [0.25, 0.3) is 5.91 Å². The van der Waals surface area contributed by atoms with Crippen molar-refractivity contribution in [1.29, 1.82) is 0 Å². The van der Waals surface area contributed by atoms with E-state index in [-0.39, 0.29) is 17.2 Å². The Morgan fingerprint density at radius 1 is 1.37 bits per heavy atom. The van der Waals surface area contributed by atoms with Crippen molar-refractivity contribution < 1.29 is 14.7 Å². The van der Waals surface area contributed by atoms with Crippen LogP contribution in [0.1, 0.15) is 20.8 Å². The van der Waals surface area contributed by atoms with Gasteiger partial charge in [0, 0.05) is 13.2 Å². The molecular weight excluding hydrogens is 248 g/mol. The number of anilines is 2. The number of aromatic nitrogens is 2. The summed E-state index contributed by atoms with van der Waals surface area (Å²) in [5, 5.41) is 15.1. The topological polar surface area (TPSA) is 112 Å². The molecule has 0 atom stereocenters. The Morgan fingerprint density at radius 3 is 2.63 bits per heavy atom. The van der Waals surface area contributed by atoms with E-state index in [4.69, 9.17) is 10.8 Å². The summed E-state index contributed by atoms with van der Waals surface area (Å²) in [7, 11) is 1.55. The number of H-pyrrole nitrogens is 1. The minimum absolute atomic E-state index is 0.0728. The average molecular weight is 260 g/mol. The van der Waals surface area contributed by atoms with Crippen LogP contribution in [0.2, 0.25) is 0 Å². The number of aromatic amines is 1. The monoisotopic (exact) mass is 260 g/mol. The molecule has 1 heterocycles. The minimum Gasteiger partial charge on any atom is -0.478 e. The lowest BCUT2D eigenvalue weighted by Crippen LogP contribution is -2.27. The minimum atomic E-state index is -1.07. The first kappa shape index (κ1) is 12.6. The standard InChI is InChI=1S/C12H12N4O3/c1-16(11(17)9-4-5-14-15-9)10-3-2-7(12(18)19)6-8(10)13/h2-6H,13H2,1H3,(H,14,15)(H,18,19). The van der Waals surface area contributed by atoms with Crippen molar-refractivity contribution in [2.45, 2.75) is 0 Å². The molecule has 0 radical (unpaired) electrons. The molecule has 0 aliphatic heterocycles. The molecular formula is C12H12N4O3. The second kappa shape index (κ2) is 4.81. The molecule has 0 aliphatic carbocycles. The van der Waals surface area contributed by atoms with Crippen LogP contribution >= 0.6 is 0 Å². The van der Waals surface area contributed by atoms with Crippen LogP contribution < -0.4 is 10.6 Å². The van der Waals surface area contributed by atoms with Crippen LogP contribution in [0.25, 0.3) is 0 Å². The van der Waals surface area contributed by atoms with Gasteiger partial charge in [-0.15, -0.1) is 0 Å². The number of hydrogen-bond donors (Lipinski definition) is 3. The third kappa shape index (κ3) is 2.39. The number of rotatable bonds is 3. The molecule has 19 heavy (non-hydrogen) atoms. The molecule has 1 amide bonds. The van der Waals surface area contributed by atoms with Crippen molar-refractivity contribution in [2.24, 2.45) is 0 Å². The third-order valence-electron chi connectivity index (χ3n) is 2.67. The molecule has 0 bridgehead atoms. The normalized spacial score (nSPS) is 10.2. The fourth-order valence-corrected chi connectivity index (χ4v) is 1.66. The van der Waals surface area contributed by atoms with Gasteiger partial charge in [-0.05, 0) is 24.3 Å². The Hall–Kier alpha value is -2.83. The number of carboxylic acid groups (broad SMARTS) is 1. The van der Waals surface area contributed by atoms with E-state index in [0.717, 1.165) is 0 Å². The van der Waals surface area contributed by atoms with Crippen molar-refractivity contribution >= 4 is 23.3 Å². The summed E-state index contributed by atoms with van der Waals surface area (Å²) >= 11 is 0. The molecule has 4 N–H and O–H groups in total. The number of nitrogens with two attached hydrogens (primary N) is 1. The Kier molecular flexibility index (Phi) is 3.19. The predicted octanol–water partition coefficient (Wildman–Crippen LogP) is 0.967. The van der Waals surface area contributed by atoms with E-state index in [1.807, 2.05) is 0 Å². The molecule has 0 aliphatic rings. The quantitative estimate of drug-likeness (QED) is 0.712. The number of amides is 1. The van der Waals surface area contributed by atoms with Gasteiger partial charge in [-0.25, -0.2) is 4.79 Å². The first-order valence-electron chi connectivity index (χ1n) is 5.41. The molecule has 0 saturated heterocycles. The van der Waals surface area contributed by atoms with Crippen LogP contribution in [0.15, 0.2) is 30.5 Å². The van der Waals surface area contributed by atoms with Gasteiger partial charge in [0.1, 0.15) is 5.69 Å². The maximum Gasteiger partial charge on any atom is 0.335 e. The van der Waals surface area contributed by atoms with Gasteiger partial charge in [0.2, 0.25) is 0 Å². The van der Waals surface area contributed by atoms with Crippen LogP contribution in [0.5, 0.6) is 0 Å². The second-order valence-electron chi connectivity index (χ2n) is 3.91. The first-order valence-corrected chi connectivity index (χ1v) is 5.41. The zero-order chi connectivity index (χ0) is 14.0. The molecule has 1 aromatic carbocycles. The van der Waals surface area contributed by atoms with E-state index in [2.05, 4.69) is 10.2 Å². The molecule has 7 heteroatoms. The van der Waals surface area contributed by atoms with Crippen molar-refractivity contribution in [3.63, 3.8) is 0 Å².